The van der Waals surface area contributed by atoms with E-state index in [1.807, 2.05) is 6.92 Å². The van der Waals surface area contributed by atoms with Crippen LogP contribution in [0.1, 0.15) is 43.2 Å². The van der Waals surface area contributed by atoms with Crippen LogP contribution in [0.5, 0.6) is 5.75 Å². The average molecular weight is 452 g/mol. The number of halogens is 1. The topological polar surface area (TPSA) is 97.4 Å². The van der Waals surface area contributed by atoms with E-state index in [9.17, 15) is 13.2 Å². The number of ether oxygens (including phenoxy) is 1. The van der Waals surface area contributed by atoms with Crippen molar-refractivity contribution in [1.82, 2.24) is 10.3 Å². The maximum Gasteiger partial charge on any atom is 0.264 e. The van der Waals surface area contributed by atoms with Gasteiger partial charge in [0.1, 0.15) is 16.5 Å². The van der Waals surface area contributed by atoms with Crippen LogP contribution >= 0.6 is 11.6 Å². The number of nitrogens with one attached hydrogen (secondary N) is 2. The summed E-state index contributed by atoms with van der Waals surface area (Å²) in [6, 6.07) is 6.41. The van der Waals surface area contributed by atoms with Crippen LogP contribution in [0.3, 0.4) is 0 Å². The quantitative estimate of drug-likeness (QED) is 0.663. The monoisotopic (exact) mass is 451 g/mol. The molecular weight excluding hydrogens is 426 g/mol. The molecule has 1 saturated carbocycles. The average Bonchev–Trinajstić information content (AvgIpc) is 2.67. The predicted octanol–water partition coefficient (Wildman–Crippen LogP) is 3.98. The highest BCUT2D eigenvalue weighted by atomic mass is 35.5. The minimum atomic E-state index is -3.99. The Morgan fingerprint density at radius 3 is 2.63 bits per heavy atom. The zero-order valence-electron chi connectivity index (χ0n) is 17.1. The molecule has 0 spiro atoms. The smallest absolute Gasteiger partial charge is 0.264 e. The molecule has 2 N–H and O–H groups in total. The summed E-state index contributed by atoms with van der Waals surface area (Å²) in [5.74, 6) is 0.263. The van der Waals surface area contributed by atoms with Gasteiger partial charge < -0.3 is 10.1 Å². The van der Waals surface area contributed by atoms with Gasteiger partial charge in [-0.05, 0) is 56.0 Å². The number of rotatable bonds is 7. The van der Waals surface area contributed by atoms with Gasteiger partial charge in [-0.2, -0.15) is 0 Å². The number of benzene rings is 1. The summed E-state index contributed by atoms with van der Waals surface area (Å²) in [7, 11) is -3.99. The SMILES string of the molecule is Cc1ccnc(NS(=O)(=O)c2cc(OCC(=O)NC3CCCCC3)c(C)cc2Cl)c1. The number of carbonyl (C=O) groups excluding carboxylic acids is 1. The van der Waals surface area contributed by atoms with Crippen LogP contribution < -0.4 is 14.8 Å². The molecule has 9 heteroatoms. The number of sulfonamides is 1. The first-order valence-corrected chi connectivity index (χ1v) is 11.8. The van der Waals surface area contributed by atoms with E-state index in [2.05, 4.69) is 15.0 Å². The van der Waals surface area contributed by atoms with E-state index in [0.717, 1.165) is 31.2 Å². The van der Waals surface area contributed by atoms with Gasteiger partial charge >= 0.3 is 0 Å². The van der Waals surface area contributed by atoms with Crippen molar-refractivity contribution in [1.29, 1.82) is 0 Å². The van der Waals surface area contributed by atoms with Crippen molar-refractivity contribution in [2.45, 2.75) is 56.9 Å². The van der Waals surface area contributed by atoms with E-state index >= 15 is 0 Å². The maximum absolute atomic E-state index is 12.8. The van der Waals surface area contributed by atoms with E-state index in [1.165, 1.54) is 24.8 Å². The summed E-state index contributed by atoms with van der Waals surface area (Å²) < 4.78 is 33.7. The van der Waals surface area contributed by atoms with Gasteiger partial charge in [0, 0.05) is 18.3 Å². The highest BCUT2D eigenvalue weighted by Gasteiger charge is 2.22. The summed E-state index contributed by atoms with van der Waals surface area (Å²) in [6.07, 6.45) is 6.91. The fourth-order valence-corrected chi connectivity index (χ4v) is 5.04. The van der Waals surface area contributed by atoms with Crippen molar-refractivity contribution in [3.05, 3.63) is 46.6 Å². The van der Waals surface area contributed by atoms with Crippen molar-refractivity contribution < 1.29 is 17.9 Å². The number of aryl methyl sites for hydroxylation is 2. The molecule has 3 rings (SSSR count). The number of aromatic nitrogens is 1. The normalized spacial score (nSPS) is 14.9. The number of pyridine rings is 1. The summed E-state index contributed by atoms with van der Waals surface area (Å²) >= 11 is 6.20. The molecule has 0 aliphatic heterocycles. The third-order valence-corrected chi connectivity index (χ3v) is 6.82. The lowest BCUT2D eigenvalue weighted by molar-refractivity contribution is -0.124. The third-order valence-electron chi connectivity index (χ3n) is 5.00. The van der Waals surface area contributed by atoms with Gasteiger partial charge in [0.15, 0.2) is 6.61 Å². The number of carbonyl (C=O) groups is 1. The third kappa shape index (κ3) is 5.86. The first-order valence-electron chi connectivity index (χ1n) is 9.92. The Morgan fingerprint density at radius 2 is 1.93 bits per heavy atom. The van der Waals surface area contributed by atoms with Gasteiger partial charge in [-0.1, -0.05) is 30.9 Å². The van der Waals surface area contributed by atoms with E-state index in [-0.39, 0.29) is 40.0 Å². The molecule has 0 radical (unpaired) electrons. The summed E-state index contributed by atoms with van der Waals surface area (Å²) in [6.45, 7) is 3.39. The Kier molecular flexibility index (Phi) is 7.20. The second kappa shape index (κ2) is 9.66. The van der Waals surface area contributed by atoms with E-state index in [0.29, 0.717) is 5.56 Å². The summed E-state index contributed by atoms with van der Waals surface area (Å²) in [4.78, 5) is 16.1. The van der Waals surface area contributed by atoms with Crippen molar-refractivity contribution in [2.75, 3.05) is 11.3 Å². The highest BCUT2D eigenvalue weighted by Crippen LogP contribution is 2.31. The van der Waals surface area contributed by atoms with Gasteiger partial charge in [0.2, 0.25) is 0 Å². The first kappa shape index (κ1) is 22.4. The van der Waals surface area contributed by atoms with Gasteiger partial charge in [0.05, 0.1) is 5.02 Å². The number of amides is 1. The minimum Gasteiger partial charge on any atom is -0.483 e. The fourth-order valence-electron chi connectivity index (χ4n) is 3.44. The molecule has 1 aliphatic rings. The Balaban J connectivity index is 1.72. The molecule has 0 atom stereocenters. The van der Waals surface area contributed by atoms with Crippen LogP contribution in [0.4, 0.5) is 5.82 Å². The van der Waals surface area contributed by atoms with Crippen molar-refractivity contribution in [3.8, 4) is 5.75 Å². The molecule has 162 valence electrons. The first-order chi connectivity index (χ1) is 14.2. The van der Waals surface area contributed by atoms with Gasteiger partial charge in [0.25, 0.3) is 15.9 Å². The molecule has 1 aromatic carbocycles. The zero-order valence-corrected chi connectivity index (χ0v) is 18.6. The number of anilines is 1. The Morgan fingerprint density at radius 1 is 1.20 bits per heavy atom. The van der Waals surface area contributed by atoms with Crippen molar-refractivity contribution in [2.24, 2.45) is 0 Å². The van der Waals surface area contributed by atoms with Crippen LogP contribution in [0.25, 0.3) is 0 Å². The maximum atomic E-state index is 12.8. The number of hydrogen-bond donors (Lipinski definition) is 2. The molecule has 1 amide bonds. The molecular formula is C21H26ClN3O4S. The van der Waals surface area contributed by atoms with Crippen LogP contribution in [0.15, 0.2) is 35.4 Å². The molecule has 0 saturated heterocycles. The van der Waals surface area contributed by atoms with Crippen LogP contribution in [-0.4, -0.2) is 32.0 Å². The molecule has 7 nitrogen and oxygen atoms in total. The van der Waals surface area contributed by atoms with Crippen LogP contribution in [-0.2, 0) is 14.8 Å². The van der Waals surface area contributed by atoms with Crippen molar-refractivity contribution in [3.63, 3.8) is 0 Å². The lowest BCUT2D eigenvalue weighted by Gasteiger charge is -2.22. The highest BCUT2D eigenvalue weighted by molar-refractivity contribution is 7.92. The van der Waals surface area contributed by atoms with Crippen LogP contribution in [0.2, 0.25) is 5.02 Å². The molecule has 2 aromatic rings. The van der Waals surface area contributed by atoms with Gasteiger partial charge in [-0.25, -0.2) is 13.4 Å². The fraction of sp³-hybridized carbons (Fsp3) is 0.429. The predicted molar refractivity (Wildman–Crippen MR) is 116 cm³/mol. The molecule has 1 fully saturated rings. The summed E-state index contributed by atoms with van der Waals surface area (Å²) in [5.41, 5.74) is 1.50. The van der Waals surface area contributed by atoms with E-state index in [1.54, 1.807) is 19.1 Å². The Hall–Kier alpha value is -2.32. The second-order valence-electron chi connectivity index (χ2n) is 7.56. The molecule has 30 heavy (non-hydrogen) atoms. The zero-order chi connectivity index (χ0) is 21.7. The molecule has 0 unspecified atom stereocenters. The molecule has 1 aromatic heterocycles. The Labute approximate surface area is 182 Å². The minimum absolute atomic E-state index is 0.0617. The largest absolute Gasteiger partial charge is 0.483 e. The Bertz CT molecular complexity index is 1020. The summed E-state index contributed by atoms with van der Waals surface area (Å²) in [5, 5.41) is 3.04. The number of nitrogens with zero attached hydrogens (tertiary/aromatic N) is 1. The van der Waals surface area contributed by atoms with Crippen LogP contribution in [0, 0.1) is 13.8 Å². The standard InChI is InChI=1S/C21H26ClN3O4S/c1-14-8-9-23-20(10-14)25-30(27,28)19-12-18(15(2)11-17(19)22)29-13-21(26)24-16-6-4-3-5-7-16/h8-12,16H,3-7,13H2,1-2H3,(H,23,25)(H,24,26). The van der Waals surface area contributed by atoms with Crippen molar-refractivity contribution >= 4 is 33.3 Å². The van der Waals surface area contributed by atoms with Gasteiger partial charge in [-0.15, -0.1) is 0 Å². The number of hydrogen-bond acceptors (Lipinski definition) is 5. The molecule has 0 bridgehead atoms. The lowest BCUT2D eigenvalue weighted by Crippen LogP contribution is -2.39. The second-order valence-corrected chi connectivity index (χ2v) is 9.62. The van der Waals surface area contributed by atoms with E-state index in [4.69, 9.17) is 16.3 Å². The lowest BCUT2D eigenvalue weighted by atomic mass is 9.95. The molecule has 1 heterocycles. The van der Waals surface area contributed by atoms with E-state index < -0.39 is 10.0 Å². The molecule has 1 aliphatic carbocycles. The van der Waals surface area contributed by atoms with Gasteiger partial charge in [-0.3, -0.25) is 9.52 Å².